The highest BCUT2D eigenvalue weighted by molar-refractivity contribution is 5.55. The summed E-state index contributed by atoms with van der Waals surface area (Å²) >= 11 is 0. The molecule has 0 rings (SSSR count). The summed E-state index contributed by atoms with van der Waals surface area (Å²) in [4.78, 5) is 6.13. The van der Waals surface area contributed by atoms with Gasteiger partial charge in [0.25, 0.3) is 0 Å². The Morgan fingerprint density at radius 3 is 2.00 bits per heavy atom. The van der Waals surface area contributed by atoms with Crippen LogP contribution in [-0.4, -0.2) is 25.3 Å². The maximum absolute atomic E-state index is 4.20. The zero-order valence-corrected chi connectivity index (χ0v) is 7.47. The summed E-state index contributed by atoms with van der Waals surface area (Å²) in [6.07, 6.45) is 1.81. The lowest BCUT2D eigenvalue weighted by Gasteiger charge is -2.02. The van der Waals surface area contributed by atoms with Gasteiger partial charge in [0.2, 0.25) is 0 Å². The lowest BCUT2D eigenvalue weighted by Crippen LogP contribution is -2.07. The molecule has 10 heavy (non-hydrogen) atoms. The van der Waals surface area contributed by atoms with Crippen molar-refractivity contribution in [1.29, 1.82) is 0 Å². The largest absolute Gasteiger partial charge is 0.369 e. The van der Waals surface area contributed by atoms with Gasteiger partial charge in [-0.15, -0.1) is 0 Å². The van der Waals surface area contributed by atoms with Gasteiger partial charge in [0, 0.05) is 19.8 Å². The summed E-state index contributed by atoms with van der Waals surface area (Å²) in [6.45, 7) is 6.12. The molecule has 0 radical (unpaired) electrons. The molecule has 0 aromatic carbocycles. The molecule has 0 aromatic heterocycles. The van der Waals surface area contributed by atoms with Crippen molar-refractivity contribution in [1.82, 2.24) is 4.90 Å². The van der Waals surface area contributed by atoms with Crippen LogP contribution >= 0.6 is 0 Å². The van der Waals surface area contributed by atoms with E-state index in [1.165, 1.54) is 5.57 Å². The van der Waals surface area contributed by atoms with Crippen LogP contribution in [0, 0.1) is 0 Å². The van der Waals surface area contributed by atoms with Gasteiger partial charge in [-0.1, -0.05) is 5.57 Å². The van der Waals surface area contributed by atoms with Gasteiger partial charge in [-0.3, -0.25) is 0 Å². The SMILES string of the molecule is CC(C)=C(C)N=CN(C)C. The zero-order chi connectivity index (χ0) is 8.15. The lowest BCUT2D eigenvalue weighted by atomic mass is 10.3. The monoisotopic (exact) mass is 140 g/mol. The fourth-order valence-electron chi connectivity index (χ4n) is 0.331. The van der Waals surface area contributed by atoms with Crippen LogP contribution in [-0.2, 0) is 0 Å². The van der Waals surface area contributed by atoms with Gasteiger partial charge in [0.1, 0.15) is 0 Å². The molecule has 0 fully saturated rings. The quantitative estimate of drug-likeness (QED) is 0.422. The fraction of sp³-hybridized carbons (Fsp3) is 0.625. The number of aliphatic imine (C=N–C) groups is 1. The van der Waals surface area contributed by atoms with Crippen LogP contribution in [0.15, 0.2) is 16.3 Å². The van der Waals surface area contributed by atoms with Crippen molar-refractivity contribution >= 4 is 6.34 Å². The standard InChI is InChI=1S/C8H16N2/c1-7(2)8(3)9-6-10(4)5/h6H,1-5H3. The van der Waals surface area contributed by atoms with E-state index in [-0.39, 0.29) is 0 Å². The highest BCUT2D eigenvalue weighted by atomic mass is 15.1. The van der Waals surface area contributed by atoms with Crippen LogP contribution in [0.5, 0.6) is 0 Å². The summed E-state index contributed by atoms with van der Waals surface area (Å²) in [5.74, 6) is 0. The van der Waals surface area contributed by atoms with Crippen molar-refractivity contribution < 1.29 is 0 Å². The highest BCUT2D eigenvalue weighted by Gasteiger charge is 1.85. The molecule has 0 aliphatic heterocycles. The molecule has 0 saturated heterocycles. The third-order valence-electron chi connectivity index (χ3n) is 1.21. The Kier molecular flexibility index (Phi) is 3.77. The smallest absolute Gasteiger partial charge is 0.0902 e. The van der Waals surface area contributed by atoms with E-state index >= 15 is 0 Å². The summed E-state index contributed by atoms with van der Waals surface area (Å²) in [5, 5.41) is 0. The molecular weight excluding hydrogens is 124 g/mol. The maximum atomic E-state index is 4.20. The van der Waals surface area contributed by atoms with Crippen LogP contribution < -0.4 is 0 Å². The molecule has 2 heteroatoms. The average molecular weight is 140 g/mol. The number of allylic oxidation sites excluding steroid dienone is 2. The number of hydrogen-bond acceptors (Lipinski definition) is 1. The predicted molar refractivity (Wildman–Crippen MR) is 46.2 cm³/mol. The molecular formula is C8H16N2. The molecule has 0 aromatic rings. The first kappa shape index (κ1) is 9.21. The molecule has 0 aliphatic rings. The van der Waals surface area contributed by atoms with E-state index in [0.29, 0.717) is 0 Å². The Morgan fingerprint density at radius 1 is 1.20 bits per heavy atom. The van der Waals surface area contributed by atoms with Crippen molar-refractivity contribution in [2.75, 3.05) is 14.1 Å². The van der Waals surface area contributed by atoms with Crippen molar-refractivity contribution in [3.05, 3.63) is 11.3 Å². The molecule has 0 N–H and O–H groups in total. The third-order valence-corrected chi connectivity index (χ3v) is 1.21. The molecule has 58 valence electrons. The number of nitrogens with zero attached hydrogens (tertiary/aromatic N) is 2. The van der Waals surface area contributed by atoms with Crippen molar-refractivity contribution in [2.24, 2.45) is 4.99 Å². The normalized spacial score (nSPS) is 10.1. The number of hydrogen-bond donors (Lipinski definition) is 0. The van der Waals surface area contributed by atoms with Gasteiger partial charge >= 0.3 is 0 Å². The molecule has 0 amide bonds. The van der Waals surface area contributed by atoms with E-state index in [4.69, 9.17) is 0 Å². The minimum absolute atomic E-state index is 1.09. The molecule has 0 heterocycles. The second kappa shape index (κ2) is 4.09. The van der Waals surface area contributed by atoms with E-state index in [1.807, 2.05) is 32.3 Å². The first-order valence-electron chi connectivity index (χ1n) is 3.38. The topological polar surface area (TPSA) is 15.6 Å². The van der Waals surface area contributed by atoms with Crippen LogP contribution in [0.3, 0.4) is 0 Å². The molecule has 0 saturated carbocycles. The Balaban J connectivity index is 4.03. The predicted octanol–water partition coefficient (Wildman–Crippen LogP) is 1.89. The summed E-state index contributed by atoms with van der Waals surface area (Å²) in [5.41, 5.74) is 2.35. The van der Waals surface area contributed by atoms with Crippen LogP contribution in [0.4, 0.5) is 0 Å². The molecule has 0 bridgehead atoms. The van der Waals surface area contributed by atoms with E-state index < -0.39 is 0 Å². The van der Waals surface area contributed by atoms with Gasteiger partial charge in [-0.05, 0) is 20.8 Å². The van der Waals surface area contributed by atoms with E-state index in [9.17, 15) is 0 Å². The third kappa shape index (κ3) is 4.13. The van der Waals surface area contributed by atoms with E-state index in [1.54, 1.807) is 0 Å². The molecule has 0 aliphatic carbocycles. The average Bonchev–Trinajstić information content (AvgIpc) is 1.82. The number of rotatable bonds is 2. The first-order valence-corrected chi connectivity index (χ1v) is 3.38. The molecule has 2 nitrogen and oxygen atoms in total. The van der Waals surface area contributed by atoms with Crippen LogP contribution in [0.1, 0.15) is 20.8 Å². The van der Waals surface area contributed by atoms with Gasteiger partial charge in [0.05, 0.1) is 6.34 Å². The van der Waals surface area contributed by atoms with Crippen molar-refractivity contribution in [3.8, 4) is 0 Å². The Morgan fingerprint density at radius 2 is 1.70 bits per heavy atom. The summed E-state index contributed by atoms with van der Waals surface area (Å²) in [7, 11) is 3.92. The van der Waals surface area contributed by atoms with Crippen molar-refractivity contribution in [2.45, 2.75) is 20.8 Å². The first-order chi connectivity index (χ1) is 4.54. The van der Waals surface area contributed by atoms with E-state index in [0.717, 1.165) is 5.70 Å². The Bertz CT molecular complexity index is 151. The Labute approximate surface area is 63.3 Å². The molecule has 0 unspecified atom stereocenters. The summed E-state index contributed by atoms with van der Waals surface area (Å²) in [6, 6.07) is 0. The Hall–Kier alpha value is -0.790. The minimum Gasteiger partial charge on any atom is -0.369 e. The molecule has 0 spiro atoms. The minimum atomic E-state index is 1.09. The molecule has 0 atom stereocenters. The van der Waals surface area contributed by atoms with Gasteiger partial charge in [-0.2, -0.15) is 0 Å². The lowest BCUT2D eigenvalue weighted by molar-refractivity contribution is 0.642. The van der Waals surface area contributed by atoms with E-state index in [2.05, 4.69) is 18.8 Å². The highest BCUT2D eigenvalue weighted by Crippen LogP contribution is 2.01. The van der Waals surface area contributed by atoms with Gasteiger partial charge in [-0.25, -0.2) is 4.99 Å². The van der Waals surface area contributed by atoms with Gasteiger partial charge in [0.15, 0.2) is 0 Å². The van der Waals surface area contributed by atoms with Crippen LogP contribution in [0.25, 0.3) is 0 Å². The maximum Gasteiger partial charge on any atom is 0.0902 e. The van der Waals surface area contributed by atoms with Crippen molar-refractivity contribution in [3.63, 3.8) is 0 Å². The second-order valence-corrected chi connectivity index (χ2v) is 2.79. The van der Waals surface area contributed by atoms with Gasteiger partial charge < -0.3 is 4.90 Å². The summed E-state index contributed by atoms with van der Waals surface area (Å²) < 4.78 is 0. The second-order valence-electron chi connectivity index (χ2n) is 2.79. The fourth-order valence-corrected chi connectivity index (χ4v) is 0.331. The zero-order valence-electron chi connectivity index (χ0n) is 7.47. The van der Waals surface area contributed by atoms with Crippen LogP contribution in [0.2, 0.25) is 0 Å².